The molecule has 0 saturated carbocycles. The normalized spacial score (nSPS) is 10.8. The number of likely N-dealkylation sites (N-methyl/N-ethyl adjacent to an activating group) is 1. The van der Waals surface area contributed by atoms with Crippen LogP contribution in [0.2, 0.25) is 5.02 Å². The van der Waals surface area contributed by atoms with Gasteiger partial charge in [-0.2, -0.15) is 0 Å². The van der Waals surface area contributed by atoms with Gasteiger partial charge in [0, 0.05) is 12.1 Å². The van der Waals surface area contributed by atoms with Gasteiger partial charge in [-0.05, 0) is 18.2 Å². The minimum atomic E-state index is -3.70. The van der Waals surface area contributed by atoms with Crippen molar-refractivity contribution in [1.29, 1.82) is 0 Å². The van der Waals surface area contributed by atoms with E-state index < -0.39 is 35.1 Å². The average Bonchev–Trinajstić information content (AvgIpc) is 2.40. The number of benzene rings is 1. The van der Waals surface area contributed by atoms with Gasteiger partial charge < -0.3 is 10.1 Å². The molecule has 21 heavy (non-hydrogen) atoms. The number of carbonyl (C=O) groups is 2. The lowest BCUT2D eigenvalue weighted by atomic mass is 10.3. The van der Waals surface area contributed by atoms with Crippen LogP contribution in [0.25, 0.3) is 0 Å². The Hall–Kier alpha value is -1.80. The van der Waals surface area contributed by atoms with Crippen molar-refractivity contribution in [3.8, 4) is 0 Å². The van der Waals surface area contributed by atoms with E-state index >= 15 is 0 Å². The smallest absolute Gasteiger partial charge is 0.327 e. The largest absolute Gasteiger partial charge is 0.454 e. The molecule has 116 valence electrons. The minimum Gasteiger partial charge on any atom is -0.454 e. The van der Waals surface area contributed by atoms with E-state index in [1.54, 1.807) is 12.1 Å². The van der Waals surface area contributed by atoms with Gasteiger partial charge in [-0.25, -0.2) is 8.42 Å². The molecule has 1 amide bonds. The van der Waals surface area contributed by atoms with E-state index in [-0.39, 0.29) is 5.69 Å². The number of amides is 1. The lowest BCUT2D eigenvalue weighted by Crippen LogP contribution is -2.37. The quantitative estimate of drug-likeness (QED) is 0.760. The third-order valence-electron chi connectivity index (χ3n) is 2.41. The van der Waals surface area contributed by atoms with Crippen LogP contribution in [0, 0.1) is 0 Å². The van der Waals surface area contributed by atoms with E-state index in [1.807, 2.05) is 0 Å². The molecule has 0 spiro atoms. The van der Waals surface area contributed by atoms with E-state index in [2.05, 4.69) is 10.1 Å². The first-order chi connectivity index (χ1) is 9.74. The van der Waals surface area contributed by atoms with Crippen molar-refractivity contribution in [2.24, 2.45) is 0 Å². The highest BCUT2D eigenvalue weighted by Crippen LogP contribution is 2.21. The lowest BCUT2D eigenvalue weighted by molar-refractivity contribution is -0.146. The lowest BCUT2D eigenvalue weighted by Gasteiger charge is -2.21. The Balaban J connectivity index is 2.86. The first-order valence-electron chi connectivity index (χ1n) is 5.83. The third-order valence-corrected chi connectivity index (χ3v) is 3.79. The molecule has 0 aliphatic heterocycles. The zero-order valence-corrected chi connectivity index (χ0v) is 13.1. The number of hydrogen-bond acceptors (Lipinski definition) is 5. The molecule has 1 N–H and O–H groups in total. The fraction of sp³-hybridized carbons (Fsp3) is 0.333. The number of halogens is 1. The van der Waals surface area contributed by atoms with Crippen molar-refractivity contribution < 1.29 is 22.7 Å². The van der Waals surface area contributed by atoms with Crippen LogP contribution >= 0.6 is 11.6 Å². The molecule has 0 heterocycles. The van der Waals surface area contributed by atoms with Gasteiger partial charge in [0.2, 0.25) is 10.0 Å². The van der Waals surface area contributed by atoms with E-state index in [9.17, 15) is 18.0 Å². The SMILES string of the molecule is CNC(=O)COC(=O)CN(c1cccc(Cl)c1)S(C)(=O)=O. The summed E-state index contributed by atoms with van der Waals surface area (Å²) in [4.78, 5) is 22.6. The fourth-order valence-corrected chi connectivity index (χ4v) is 2.43. The van der Waals surface area contributed by atoms with Gasteiger partial charge >= 0.3 is 5.97 Å². The molecular formula is C12H15ClN2O5S. The summed E-state index contributed by atoms with van der Waals surface area (Å²) in [5, 5.41) is 2.61. The van der Waals surface area contributed by atoms with Crippen LogP contribution < -0.4 is 9.62 Å². The maximum absolute atomic E-state index is 11.8. The van der Waals surface area contributed by atoms with Crippen molar-refractivity contribution in [3.63, 3.8) is 0 Å². The van der Waals surface area contributed by atoms with Crippen LogP contribution in [0.3, 0.4) is 0 Å². The number of anilines is 1. The molecule has 9 heteroatoms. The van der Waals surface area contributed by atoms with Gasteiger partial charge in [0.1, 0.15) is 6.54 Å². The summed E-state index contributed by atoms with van der Waals surface area (Å²) >= 11 is 5.81. The van der Waals surface area contributed by atoms with Crippen molar-refractivity contribution in [2.45, 2.75) is 0 Å². The molecule has 7 nitrogen and oxygen atoms in total. The Morgan fingerprint density at radius 3 is 2.57 bits per heavy atom. The van der Waals surface area contributed by atoms with Gasteiger partial charge in [-0.1, -0.05) is 17.7 Å². The number of sulfonamides is 1. The Kier molecular flexibility index (Phi) is 5.98. The fourth-order valence-electron chi connectivity index (χ4n) is 1.41. The van der Waals surface area contributed by atoms with Gasteiger partial charge in [0.05, 0.1) is 11.9 Å². The molecule has 1 aromatic rings. The van der Waals surface area contributed by atoms with Crippen molar-refractivity contribution in [1.82, 2.24) is 5.32 Å². The van der Waals surface area contributed by atoms with Gasteiger partial charge in [-0.3, -0.25) is 13.9 Å². The maximum atomic E-state index is 11.8. The van der Waals surface area contributed by atoms with Crippen LogP contribution in [-0.2, 0) is 24.3 Å². The molecule has 0 aliphatic carbocycles. The molecule has 1 aromatic carbocycles. The van der Waals surface area contributed by atoms with Crippen molar-refractivity contribution in [3.05, 3.63) is 29.3 Å². The Morgan fingerprint density at radius 1 is 1.38 bits per heavy atom. The summed E-state index contributed by atoms with van der Waals surface area (Å²) in [5.74, 6) is -1.33. The van der Waals surface area contributed by atoms with Crippen LogP contribution in [0.1, 0.15) is 0 Å². The second-order valence-corrected chi connectivity index (χ2v) is 6.43. The first-order valence-corrected chi connectivity index (χ1v) is 8.06. The molecule has 0 unspecified atom stereocenters. The average molecular weight is 335 g/mol. The predicted octanol–water partition coefficient (Wildman–Crippen LogP) is 0.395. The van der Waals surface area contributed by atoms with E-state index in [0.717, 1.165) is 10.6 Å². The zero-order valence-electron chi connectivity index (χ0n) is 11.5. The number of nitrogens with zero attached hydrogens (tertiary/aromatic N) is 1. The van der Waals surface area contributed by atoms with Crippen LogP contribution in [0.15, 0.2) is 24.3 Å². The van der Waals surface area contributed by atoms with E-state index in [1.165, 1.54) is 19.2 Å². The predicted molar refractivity (Wildman–Crippen MR) is 78.7 cm³/mol. The Labute approximate surface area is 127 Å². The summed E-state index contributed by atoms with van der Waals surface area (Å²) in [7, 11) is -2.31. The van der Waals surface area contributed by atoms with Crippen LogP contribution in [0.5, 0.6) is 0 Å². The monoisotopic (exact) mass is 334 g/mol. The number of nitrogens with one attached hydrogen (secondary N) is 1. The second kappa shape index (κ2) is 7.28. The summed E-state index contributed by atoms with van der Waals surface area (Å²) in [6.45, 7) is -1.02. The molecule has 0 radical (unpaired) electrons. The highest BCUT2D eigenvalue weighted by Gasteiger charge is 2.22. The molecule has 0 atom stereocenters. The number of ether oxygens (including phenoxy) is 1. The number of esters is 1. The van der Waals surface area contributed by atoms with E-state index in [4.69, 9.17) is 11.6 Å². The molecular weight excluding hydrogens is 320 g/mol. The summed E-state index contributed by atoms with van der Waals surface area (Å²) in [6, 6.07) is 6.05. The molecule has 0 aliphatic rings. The topological polar surface area (TPSA) is 92.8 Å². The third kappa shape index (κ3) is 5.60. The van der Waals surface area contributed by atoms with Crippen molar-refractivity contribution in [2.75, 3.05) is 30.8 Å². The second-order valence-electron chi connectivity index (χ2n) is 4.08. The minimum absolute atomic E-state index is 0.238. The number of carbonyl (C=O) groups excluding carboxylic acids is 2. The van der Waals surface area contributed by atoms with Gasteiger partial charge in [-0.15, -0.1) is 0 Å². The molecule has 1 rings (SSSR count). The molecule has 0 bridgehead atoms. The van der Waals surface area contributed by atoms with Crippen LogP contribution in [0.4, 0.5) is 5.69 Å². The Morgan fingerprint density at radius 2 is 2.05 bits per heavy atom. The highest BCUT2D eigenvalue weighted by atomic mass is 35.5. The number of hydrogen-bond donors (Lipinski definition) is 1. The standard InChI is InChI=1S/C12H15ClN2O5S/c1-14-11(16)8-20-12(17)7-15(21(2,18)19)10-5-3-4-9(13)6-10/h3-6H,7-8H2,1-2H3,(H,14,16). The van der Waals surface area contributed by atoms with Gasteiger partial charge in [0.25, 0.3) is 5.91 Å². The molecule has 0 saturated heterocycles. The summed E-state index contributed by atoms with van der Waals surface area (Å²) < 4.78 is 29.1. The van der Waals surface area contributed by atoms with Crippen LogP contribution in [-0.4, -0.2) is 46.7 Å². The zero-order chi connectivity index (χ0) is 16.0. The van der Waals surface area contributed by atoms with Gasteiger partial charge in [0.15, 0.2) is 6.61 Å². The van der Waals surface area contributed by atoms with E-state index in [0.29, 0.717) is 5.02 Å². The number of rotatable bonds is 6. The summed E-state index contributed by atoms with van der Waals surface area (Å²) in [5.41, 5.74) is 0.238. The molecule has 0 aromatic heterocycles. The Bertz CT molecular complexity index is 632. The maximum Gasteiger partial charge on any atom is 0.327 e. The first kappa shape index (κ1) is 17.3. The van der Waals surface area contributed by atoms with Crippen molar-refractivity contribution >= 4 is 39.2 Å². The molecule has 0 fully saturated rings. The highest BCUT2D eigenvalue weighted by molar-refractivity contribution is 7.92. The summed E-state index contributed by atoms with van der Waals surface area (Å²) in [6.07, 6.45) is 0.958.